The second-order valence-corrected chi connectivity index (χ2v) is 17.2. The Balaban J connectivity index is 1.27. The van der Waals surface area contributed by atoms with Crippen LogP contribution in [0.4, 0.5) is 9.59 Å². The van der Waals surface area contributed by atoms with E-state index in [0.29, 0.717) is 32.4 Å². The van der Waals surface area contributed by atoms with Crippen LogP contribution in [-0.2, 0) is 47.0 Å². The van der Waals surface area contributed by atoms with Gasteiger partial charge in [-0.25, -0.2) is 22.7 Å². The number of benzene rings is 1. The van der Waals surface area contributed by atoms with E-state index in [2.05, 4.69) is 20.3 Å². The van der Waals surface area contributed by atoms with Gasteiger partial charge in [0.2, 0.25) is 11.8 Å². The molecule has 4 aliphatic rings. The van der Waals surface area contributed by atoms with E-state index in [1.807, 2.05) is 30.3 Å². The molecule has 6 rings (SSSR count). The number of nitrogens with one attached hydrogen (secondary N) is 3. The van der Waals surface area contributed by atoms with Crippen LogP contribution in [0.1, 0.15) is 76.8 Å². The average Bonchev–Trinajstić information content (AvgIpc) is 3.40. The second kappa shape index (κ2) is 15.6. The van der Waals surface area contributed by atoms with Crippen molar-refractivity contribution in [1.29, 1.82) is 0 Å². The van der Waals surface area contributed by atoms with Gasteiger partial charge in [0.25, 0.3) is 15.9 Å². The Hall–Kier alpha value is -4.70. The molecule has 1 saturated carbocycles. The number of amides is 5. The van der Waals surface area contributed by atoms with Gasteiger partial charge >= 0.3 is 12.2 Å². The van der Waals surface area contributed by atoms with Gasteiger partial charge in [0.1, 0.15) is 34.2 Å². The number of fused-ring (bicyclic) bond motifs is 3. The Bertz CT molecular complexity index is 1930. The summed E-state index contributed by atoms with van der Waals surface area (Å²) in [4.78, 5) is 75.1. The lowest BCUT2D eigenvalue weighted by atomic mass is 10.0. The fourth-order valence-corrected chi connectivity index (χ4v) is 8.59. The number of alkyl carbamates (subject to hydrolysis) is 1. The Morgan fingerprint density at radius 3 is 2.46 bits per heavy atom. The molecule has 1 aromatic carbocycles. The van der Waals surface area contributed by atoms with Crippen molar-refractivity contribution in [1.82, 2.24) is 30.1 Å². The SMILES string of the molecule is CC(C)(C)OC(=O)N[C@H]1CCCCC/C=C\[C@H]2C[C@@]2(C(=O)NS(=O)(=O)c2cnccc2Cl)NC(=O)[C@@H]2C[C@@H](OC(=O)N3Cc4ccccc4C3)CN2C1=O. The Labute approximate surface area is 319 Å². The van der Waals surface area contributed by atoms with Crippen molar-refractivity contribution in [2.75, 3.05) is 6.54 Å². The van der Waals surface area contributed by atoms with Gasteiger partial charge in [-0.3, -0.25) is 24.3 Å². The smallest absolute Gasteiger partial charge is 0.410 e. The van der Waals surface area contributed by atoms with Crippen LogP contribution in [0.3, 0.4) is 0 Å². The third kappa shape index (κ3) is 8.81. The summed E-state index contributed by atoms with van der Waals surface area (Å²) in [6, 6.07) is 6.60. The summed E-state index contributed by atoms with van der Waals surface area (Å²) in [5, 5.41) is 5.31. The Kier molecular flexibility index (Phi) is 11.2. The van der Waals surface area contributed by atoms with Crippen molar-refractivity contribution in [2.24, 2.45) is 5.92 Å². The number of aromatic nitrogens is 1. The first-order valence-corrected chi connectivity index (χ1v) is 19.9. The van der Waals surface area contributed by atoms with Crippen molar-refractivity contribution in [2.45, 2.75) is 113 Å². The summed E-state index contributed by atoms with van der Waals surface area (Å²) in [6.45, 7) is 5.62. The molecule has 0 bridgehead atoms. The monoisotopic (exact) mass is 784 g/mol. The second-order valence-electron chi connectivity index (χ2n) is 15.1. The number of sulfonamides is 1. The topological polar surface area (TPSA) is 193 Å². The summed E-state index contributed by atoms with van der Waals surface area (Å²) in [5.74, 6) is -2.86. The first-order valence-electron chi connectivity index (χ1n) is 18.0. The predicted molar refractivity (Wildman–Crippen MR) is 195 cm³/mol. The van der Waals surface area contributed by atoms with Gasteiger partial charge in [0.15, 0.2) is 0 Å². The lowest BCUT2D eigenvalue weighted by Crippen LogP contribution is -2.58. The van der Waals surface area contributed by atoms with Gasteiger partial charge in [0, 0.05) is 37.8 Å². The molecule has 54 heavy (non-hydrogen) atoms. The van der Waals surface area contributed by atoms with Crippen LogP contribution in [0.2, 0.25) is 5.02 Å². The number of hydrogen-bond donors (Lipinski definition) is 3. The standard InChI is InChI=1S/C37H45ClN6O9S/c1-36(2,3)53-34(48)40-28-14-8-6-4-5-7-13-25-18-37(25,33(47)42-54(50,51)30-19-39-16-15-27(30)38)41-31(45)29-17-26(22-44(29)32(28)46)52-35(49)43-20-23-11-9-10-12-24(23)21-43/h7,9-13,15-16,19,25-26,28-29H,4-6,8,14,17-18,20-22H2,1-3H3,(H,40,48)(H,41,45)(H,42,47)/b13-7-/t25-,26+,28-,29-,37+/m0/s1. The van der Waals surface area contributed by atoms with E-state index in [0.717, 1.165) is 23.7 Å². The zero-order valence-electron chi connectivity index (χ0n) is 30.4. The highest BCUT2D eigenvalue weighted by molar-refractivity contribution is 7.90. The van der Waals surface area contributed by atoms with E-state index < -0.39 is 80.1 Å². The van der Waals surface area contributed by atoms with Gasteiger partial charge in [-0.1, -0.05) is 60.9 Å². The molecule has 4 heterocycles. The number of pyridine rings is 1. The van der Waals surface area contributed by atoms with E-state index in [1.54, 1.807) is 26.8 Å². The Morgan fingerprint density at radius 2 is 1.78 bits per heavy atom. The van der Waals surface area contributed by atoms with Gasteiger partial charge in [-0.05, 0) is 63.6 Å². The minimum atomic E-state index is -4.49. The molecule has 5 atom stereocenters. The summed E-state index contributed by atoms with van der Waals surface area (Å²) in [7, 11) is -4.49. The summed E-state index contributed by atoms with van der Waals surface area (Å²) in [6.07, 6.45) is 6.56. The third-order valence-corrected chi connectivity index (χ3v) is 11.8. The van der Waals surface area contributed by atoms with Crippen LogP contribution in [0.25, 0.3) is 0 Å². The lowest BCUT2D eigenvalue weighted by molar-refractivity contribution is -0.141. The van der Waals surface area contributed by atoms with Crippen LogP contribution in [-0.4, -0.2) is 89.0 Å². The number of ether oxygens (including phenoxy) is 2. The number of carbonyl (C=O) groups excluding carboxylic acids is 5. The molecule has 3 aliphatic heterocycles. The molecule has 0 radical (unpaired) electrons. The van der Waals surface area contributed by atoms with Gasteiger partial charge in [-0.15, -0.1) is 0 Å². The van der Waals surface area contributed by atoms with Crippen molar-refractivity contribution < 1.29 is 41.9 Å². The summed E-state index contributed by atoms with van der Waals surface area (Å²) < 4.78 is 40.0. The molecule has 2 fully saturated rings. The van der Waals surface area contributed by atoms with Crippen molar-refractivity contribution in [3.05, 3.63) is 71.0 Å². The molecule has 15 nitrogen and oxygen atoms in total. The van der Waals surface area contributed by atoms with Crippen LogP contribution in [0.15, 0.2) is 59.8 Å². The molecular formula is C37H45ClN6O9S. The van der Waals surface area contributed by atoms with Crippen LogP contribution < -0.4 is 15.4 Å². The Morgan fingerprint density at radius 1 is 1.06 bits per heavy atom. The van der Waals surface area contributed by atoms with E-state index in [-0.39, 0.29) is 30.8 Å². The first kappa shape index (κ1) is 39.0. The number of hydrogen-bond acceptors (Lipinski definition) is 10. The number of nitrogens with zero attached hydrogens (tertiary/aromatic N) is 3. The van der Waals surface area contributed by atoms with Crippen molar-refractivity contribution >= 4 is 51.5 Å². The number of carbonyl (C=O) groups is 5. The van der Waals surface area contributed by atoms with Crippen molar-refractivity contribution in [3.63, 3.8) is 0 Å². The molecule has 290 valence electrons. The molecule has 3 N–H and O–H groups in total. The minimum Gasteiger partial charge on any atom is -0.444 e. The molecule has 1 saturated heterocycles. The first-order chi connectivity index (χ1) is 25.6. The number of rotatable bonds is 5. The summed E-state index contributed by atoms with van der Waals surface area (Å²) >= 11 is 6.11. The van der Waals surface area contributed by atoms with Crippen molar-refractivity contribution in [3.8, 4) is 0 Å². The number of allylic oxidation sites excluding steroid dienone is 1. The highest BCUT2D eigenvalue weighted by Crippen LogP contribution is 2.46. The van der Waals surface area contributed by atoms with Crippen LogP contribution in [0, 0.1) is 5.92 Å². The van der Waals surface area contributed by atoms with Gasteiger partial charge < -0.3 is 25.0 Å². The zero-order valence-corrected chi connectivity index (χ0v) is 32.0. The van der Waals surface area contributed by atoms with E-state index in [9.17, 15) is 32.4 Å². The molecule has 1 aliphatic carbocycles. The lowest BCUT2D eigenvalue weighted by Gasteiger charge is -2.30. The molecular weight excluding hydrogens is 740 g/mol. The maximum Gasteiger partial charge on any atom is 0.410 e. The zero-order chi connectivity index (χ0) is 38.8. The molecule has 1 aromatic heterocycles. The summed E-state index contributed by atoms with van der Waals surface area (Å²) in [5.41, 5.74) is -0.531. The van der Waals surface area contributed by atoms with Crippen LogP contribution >= 0.6 is 11.6 Å². The predicted octanol–water partition coefficient (Wildman–Crippen LogP) is 3.95. The molecule has 0 unspecified atom stereocenters. The van der Waals surface area contributed by atoms with E-state index >= 15 is 0 Å². The fourth-order valence-electron chi connectivity index (χ4n) is 7.12. The fraction of sp³-hybridized carbons (Fsp3) is 0.514. The molecule has 5 amide bonds. The third-order valence-electron chi connectivity index (χ3n) is 9.95. The number of halogens is 1. The highest BCUT2D eigenvalue weighted by atomic mass is 35.5. The maximum atomic E-state index is 14.4. The van der Waals surface area contributed by atoms with E-state index in [4.69, 9.17) is 21.1 Å². The molecule has 2 aromatic rings. The maximum absolute atomic E-state index is 14.4. The van der Waals surface area contributed by atoms with Crippen LogP contribution in [0.5, 0.6) is 0 Å². The largest absolute Gasteiger partial charge is 0.444 e. The highest BCUT2D eigenvalue weighted by Gasteiger charge is 2.62. The molecule has 17 heteroatoms. The molecule has 0 spiro atoms. The average molecular weight is 785 g/mol. The van der Waals surface area contributed by atoms with Gasteiger partial charge in [-0.2, -0.15) is 0 Å². The quantitative estimate of drug-likeness (QED) is 0.374. The van der Waals surface area contributed by atoms with Gasteiger partial charge in [0.05, 0.1) is 11.6 Å². The van der Waals surface area contributed by atoms with E-state index in [1.165, 1.54) is 22.1 Å². The minimum absolute atomic E-state index is 0.0921. The normalized spacial score (nSPS) is 26.5.